The van der Waals surface area contributed by atoms with Crippen LogP contribution in [0.4, 0.5) is 0 Å². The first-order chi connectivity index (χ1) is 8.40. The summed E-state index contributed by atoms with van der Waals surface area (Å²) in [5.41, 5.74) is 7.63. The number of nitrogens with zero attached hydrogens (tertiary/aromatic N) is 3. The van der Waals surface area contributed by atoms with Crippen LogP contribution < -0.4 is 5.73 Å². The summed E-state index contributed by atoms with van der Waals surface area (Å²) in [6.45, 7) is 1.29. The van der Waals surface area contributed by atoms with Crippen molar-refractivity contribution < 1.29 is 4.74 Å². The summed E-state index contributed by atoms with van der Waals surface area (Å²) in [6.07, 6.45) is 3.40. The first-order valence-electron chi connectivity index (χ1n) is 6.05. The molecule has 0 radical (unpaired) electrons. The van der Waals surface area contributed by atoms with Crippen molar-refractivity contribution in [2.45, 2.75) is 31.9 Å². The van der Waals surface area contributed by atoms with E-state index in [9.17, 15) is 0 Å². The predicted molar refractivity (Wildman–Crippen MR) is 63.4 cm³/mol. The molecule has 1 aliphatic rings. The number of fused-ring (bicyclic) bond motifs is 1. The van der Waals surface area contributed by atoms with Gasteiger partial charge in [0.25, 0.3) is 0 Å². The summed E-state index contributed by atoms with van der Waals surface area (Å²) in [5, 5.41) is 8.44. The highest BCUT2D eigenvalue weighted by molar-refractivity contribution is 5.40. The molecule has 0 aliphatic carbocycles. The molecule has 5 nitrogen and oxygen atoms in total. The molecule has 0 aromatic carbocycles. The highest BCUT2D eigenvalue weighted by Crippen LogP contribution is 2.27. The van der Waals surface area contributed by atoms with Crippen molar-refractivity contribution in [3.05, 3.63) is 29.7 Å². The SMILES string of the molecule is NCc1cccc2nnc(C3CCCCO3)n12. The summed E-state index contributed by atoms with van der Waals surface area (Å²) in [4.78, 5) is 0. The van der Waals surface area contributed by atoms with Gasteiger partial charge in [-0.3, -0.25) is 4.40 Å². The van der Waals surface area contributed by atoms with Gasteiger partial charge >= 0.3 is 0 Å². The molecular formula is C12H16N4O. The number of pyridine rings is 1. The molecule has 0 saturated carbocycles. The Morgan fingerprint density at radius 3 is 3.06 bits per heavy atom. The minimum absolute atomic E-state index is 0.0615. The largest absolute Gasteiger partial charge is 0.370 e. The Hall–Kier alpha value is -1.46. The van der Waals surface area contributed by atoms with E-state index >= 15 is 0 Å². The summed E-state index contributed by atoms with van der Waals surface area (Å²) in [6, 6.07) is 5.90. The number of rotatable bonds is 2. The van der Waals surface area contributed by atoms with E-state index in [2.05, 4.69) is 10.2 Å². The molecule has 1 aliphatic heterocycles. The van der Waals surface area contributed by atoms with E-state index in [1.165, 1.54) is 6.42 Å². The molecule has 0 bridgehead atoms. The molecule has 2 N–H and O–H groups in total. The van der Waals surface area contributed by atoms with E-state index < -0.39 is 0 Å². The van der Waals surface area contributed by atoms with E-state index in [4.69, 9.17) is 10.5 Å². The Bertz CT molecular complexity index is 516. The molecule has 5 heteroatoms. The van der Waals surface area contributed by atoms with E-state index in [0.717, 1.165) is 36.6 Å². The average Bonchev–Trinajstić information content (AvgIpc) is 2.83. The topological polar surface area (TPSA) is 65.4 Å². The number of ether oxygens (including phenoxy) is 1. The summed E-state index contributed by atoms with van der Waals surface area (Å²) in [5.74, 6) is 0.890. The fourth-order valence-electron chi connectivity index (χ4n) is 2.34. The zero-order valence-corrected chi connectivity index (χ0v) is 9.67. The van der Waals surface area contributed by atoms with Crippen molar-refractivity contribution in [3.8, 4) is 0 Å². The molecule has 0 amide bonds. The second kappa shape index (κ2) is 4.43. The maximum absolute atomic E-state index is 5.77. The van der Waals surface area contributed by atoms with Crippen LogP contribution in [0.25, 0.3) is 5.65 Å². The summed E-state index contributed by atoms with van der Waals surface area (Å²) in [7, 11) is 0. The van der Waals surface area contributed by atoms with E-state index in [1.807, 2.05) is 22.6 Å². The monoisotopic (exact) mass is 232 g/mol. The molecule has 1 atom stereocenters. The Kier molecular flexibility index (Phi) is 2.78. The van der Waals surface area contributed by atoms with Crippen LogP contribution in [-0.4, -0.2) is 21.2 Å². The summed E-state index contributed by atoms with van der Waals surface area (Å²) >= 11 is 0. The minimum Gasteiger partial charge on any atom is -0.370 e. The number of hydrogen-bond acceptors (Lipinski definition) is 4. The van der Waals surface area contributed by atoms with Crippen molar-refractivity contribution in [2.24, 2.45) is 5.73 Å². The van der Waals surface area contributed by atoms with Crippen LogP contribution >= 0.6 is 0 Å². The second-order valence-electron chi connectivity index (χ2n) is 4.33. The van der Waals surface area contributed by atoms with Crippen LogP contribution in [0.15, 0.2) is 18.2 Å². The van der Waals surface area contributed by atoms with Crippen molar-refractivity contribution in [1.82, 2.24) is 14.6 Å². The van der Waals surface area contributed by atoms with Gasteiger partial charge in [0.2, 0.25) is 0 Å². The third-order valence-electron chi connectivity index (χ3n) is 3.21. The Balaban J connectivity index is 2.09. The van der Waals surface area contributed by atoms with Crippen LogP contribution in [0.3, 0.4) is 0 Å². The maximum Gasteiger partial charge on any atom is 0.166 e. The van der Waals surface area contributed by atoms with Gasteiger partial charge in [-0.05, 0) is 31.4 Å². The number of hydrogen-bond donors (Lipinski definition) is 1. The van der Waals surface area contributed by atoms with Gasteiger partial charge in [-0.25, -0.2) is 0 Å². The van der Waals surface area contributed by atoms with Gasteiger partial charge in [0.1, 0.15) is 6.10 Å². The normalized spacial score (nSPS) is 20.9. The van der Waals surface area contributed by atoms with Crippen LogP contribution in [0.1, 0.15) is 36.9 Å². The summed E-state index contributed by atoms with van der Waals surface area (Å²) < 4.78 is 7.79. The maximum atomic E-state index is 5.77. The lowest BCUT2D eigenvalue weighted by Crippen LogP contribution is -2.16. The molecule has 1 unspecified atom stereocenters. The molecule has 1 saturated heterocycles. The van der Waals surface area contributed by atoms with E-state index in [1.54, 1.807) is 0 Å². The minimum atomic E-state index is 0.0615. The quantitative estimate of drug-likeness (QED) is 0.850. The average molecular weight is 232 g/mol. The van der Waals surface area contributed by atoms with Crippen molar-refractivity contribution >= 4 is 5.65 Å². The van der Waals surface area contributed by atoms with Crippen molar-refractivity contribution in [1.29, 1.82) is 0 Å². The lowest BCUT2D eigenvalue weighted by molar-refractivity contribution is 0.00873. The van der Waals surface area contributed by atoms with Gasteiger partial charge in [0.05, 0.1) is 0 Å². The fourth-order valence-corrected chi connectivity index (χ4v) is 2.34. The fraction of sp³-hybridized carbons (Fsp3) is 0.500. The van der Waals surface area contributed by atoms with Gasteiger partial charge in [-0.1, -0.05) is 6.07 Å². The molecule has 2 aromatic heterocycles. The van der Waals surface area contributed by atoms with Crippen molar-refractivity contribution in [2.75, 3.05) is 6.61 Å². The van der Waals surface area contributed by atoms with Gasteiger partial charge in [0.15, 0.2) is 11.5 Å². The Labute approximate surface area is 99.6 Å². The van der Waals surface area contributed by atoms with E-state index in [0.29, 0.717) is 6.54 Å². The van der Waals surface area contributed by atoms with Gasteiger partial charge in [0, 0.05) is 18.8 Å². The third-order valence-corrected chi connectivity index (χ3v) is 3.21. The Morgan fingerprint density at radius 2 is 2.29 bits per heavy atom. The zero-order valence-electron chi connectivity index (χ0n) is 9.67. The van der Waals surface area contributed by atoms with Gasteiger partial charge in [-0.15, -0.1) is 10.2 Å². The highest BCUT2D eigenvalue weighted by atomic mass is 16.5. The van der Waals surface area contributed by atoms with Crippen LogP contribution in [0, 0.1) is 0 Å². The first kappa shape index (κ1) is 10.7. The highest BCUT2D eigenvalue weighted by Gasteiger charge is 2.22. The first-order valence-corrected chi connectivity index (χ1v) is 6.05. The predicted octanol–water partition coefficient (Wildman–Crippen LogP) is 1.43. The molecule has 2 aromatic rings. The van der Waals surface area contributed by atoms with Crippen LogP contribution in [0.2, 0.25) is 0 Å². The lowest BCUT2D eigenvalue weighted by atomic mass is 10.1. The van der Waals surface area contributed by atoms with Gasteiger partial charge < -0.3 is 10.5 Å². The Morgan fingerprint density at radius 1 is 1.35 bits per heavy atom. The molecule has 3 heterocycles. The number of nitrogens with two attached hydrogens (primary N) is 1. The molecular weight excluding hydrogens is 216 g/mol. The molecule has 17 heavy (non-hydrogen) atoms. The standard InChI is InChI=1S/C12H16N4O/c13-8-9-4-3-6-11-14-15-12(16(9)11)10-5-1-2-7-17-10/h3-4,6,10H,1-2,5,7-8,13H2. The number of aromatic nitrogens is 3. The van der Waals surface area contributed by atoms with E-state index in [-0.39, 0.29) is 6.10 Å². The molecule has 1 fully saturated rings. The second-order valence-corrected chi connectivity index (χ2v) is 4.33. The van der Waals surface area contributed by atoms with Crippen molar-refractivity contribution in [3.63, 3.8) is 0 Å². The third kappa shape index (κ3) is 1.81. The lowest BCUT2D eigenvalue weighted by Gasteiger charge is -2.21. The zero-order chi connectivity index (χ0) is 11.7. The smallest absolute Gasteiger partial charge is 0.166 e. The molecule has 3 rings (SSSR count). The van der Waals surface area contributed by atoms with Crippen LogP contribution in [0.5, 0.6) is 0 Å². The molecule has 0 spiro atoms. The molecule has 90 valence electrons. The van der Waals surface area contributed by atoms with Gasteiger partial charge in [-0.2, -0.15) is 0 Å². The van der Waals surface area contributed by atoms with Crippen LogP contribution in [-0.2, 0) is 11.3 Å².